The third-order valence-corrected chi connectivity index (χ3v) is 4.53. The monoisotopic (exact) mass is 386 g/mol. The fourth-order valence-electron chi connectivity index (χ4n) is 3.07. The van der Waals surface area contributed by atoms with Crippen LogP contribution in [0.3, 0.4) is 0 Å². The Labute approximate surface area is 167 Å². The van der Waals surface area contributed by atoms with Crippen LogP contribution in [-0.2, 0) is 0 Å². The van der Waals surface area contributed by atoms with Crippen molar-refractivity contribution in [3.05, 3.63) is 95.6 Å². The van der Waals surface area contributed by atoms with E-state index in [0.29, 0.717) is 11.5 Å². The Hall–Kier alpha value is -3.80. The summed E-state index contributed by atoms with van der Waals surface area (Å²) in [5.41, 5.74) is 4.27. The number of carbonyl (C=O) groups is 1. The Bertz CT molecular complexity index is 1180. The number of aromatic nitrogens is 3. The topological polar surface area (TPSA) is 59.8 Å². The number of benzene rings is 3. The minimum atomic E-state index is -0.460. The summed E-state index contributed by atoms with van der Waals surface area (Å²) < 4.78 is 14.8. The molecule has 0 saturated carbocycles. The van der Waals surface area contributed by atoms with Crippen LogP contribution in [0, 0.1) is 19.7 Å². The fraction of sp³-hybridized carbons (Fsp3) is 0.0870. The van der Waals surface area contributed by atoms with E-state index >= 15 is 0 Å². The number of nitrogens with one attached hydrogen (secondary N) is 1. The highest BCUT2D eigenvalue weighted by molar-refractivity contribution is 6.01. The van der Waals surface area contributed by atoms with Crippen molar-refractivity contribution in [3.63, 3.8) is 0 Å². The van der Waals surface area contributed by atoms with Crippen molar-refractivity contribution in [2.45, 2.75) is 13.8 Å². The number of halogens is 1. The van der Waals surface area contributed by atoms with Gasteiger partial charge in [0, 0.05) is 11.3 Å². The van der Waals surface area contributed by atoms with Crippen LogP contribution >= 0.6 is 0 Å². The molecule has 0 radical (unpaired) electrons. The van der Waals surface area contributed by atoms with Crippen LogP contribution in [-0.4, -0.2) is 20.7 Å². The van der Waals surface area contributed by atoms with Gasteiger partial charge in [-0.05, 0) is 55.8 Å². The summed E-state index contributed by atoms with van der Waals surface area (Å²) in [6.07, 6.45) is 0. The number of amides is 1. The predicted octanol–water partition coefficient (Wildman–Crippen LogP) is 4.94. The summed E-state index contributed by atoms with van der Waals surface area (Å²) in [5.74, 6) is -0.217. The smallest absolute Gasteiger partial charge is 0.295 e. The highest BCUT2D eigenvalue weighted by Crippen LogP contribution is 2.24. The number of hydrogen-bond donors (Lipinski definition) is 1. The van der Waals surface area contributed by atoms with Crippen molar-refractivity contribution >= 4 is 11.6 Å². The van der Waals surface area contributed by atoms with Crippen molar-refractivity contribution in [2.75, 3.05) is 5.32 Å². The normalized spacial score (nSPS) is 10.7. The molecule has 5 nitrogen and oxygen atoms in total. The largest absolute Gasteiger partial charge is 0.319 e. The number of rotatable bonds is 4. The van der Waals surface area contributed by atoms with Crippen LogP contribution in [0.15, 0.2) is 72.8 Å². The molecule has 1 aromatic heterocycles. The van der Waals surface area contributed by atoms with Gasteiger partial charge in [0.15, 0.2) is 5.82 Å². The highest BCUT2D eigenvalue weighted by Gasteiger charge is 2.20. The Morgan fingerprint density at radius 2 is 1.72 bits per heavy atom. The van der Waals surface area contributed by atoms with Gasteiger partial charge in [-0.1, -0.05) is 42.0 Å². The zero-order valence-electron chi connectivity index (χ0n) is 16.1. The molecule has 0 aliphatic rings. The molecule has 6 heteroatoms. The third kappa shape index (κ3) is 3.91. The number of anilines is 1. The second kappa shape index (κ2) is 7.67. The predicted molar refractivity (Wildman–Crippen MR) is 111 cm³/mol. The summed E-state index contributed by atoms with van der Waals surface area (Å²) in [5, 5.41) is 7.19. The molecule has 1 amide bonds. The van der Waals surface area contributed by atoms with Crippen LogP contribution in [0.25, 0.3) is 17.1 Å². The molecular weight excluding hydrogens is 367 g/mol. The van der Waals surface area contributed by atoms with E-state index in [9.17, 15) is 9.18 Å². The van der Waals surface area contributed by atoms with E-state index in [4.69, 9.17) is 0 Å². The van der Waals surface area contributed by atoms with E-state index < -0.39 is 5.91 Å². The molecule has 0 unspecified atom stereocenters. The molecule has 0 spiro atoms. The van der Waals surface area contributed by atoms with E-state index in [1.807, 2.05) is 62.4 Å². The number of hydrogen-bond acceptors (Lipinski definition) is 3. The summed E-state index contributed by atoms with van der Waals surface area (Å²) >= 11 is 0. The van der Waals surface area contributed by atoms with Crippen LogP contribution in [0.2, 0.25) is 0 Å². The first-order chi connectivity index (χ1) is 14.0. The van der Waals surface area contributed by atoms with Gasteiger partial charge in [0.1, 0.15) is 5.82 Å². The van der Waals surface area contributed by atoms with Crippen molar-refractivity contribution < 1.29 is 9.18 Å². The maximum absolute atomic E-state index is 13.1. The van der Waals surface area contributed by atoms with Crippen LogP contribution in [0.5, 0.6) is 0 Å². The summed E-state index contributed by atoms with van der Waals surface area (Å²) in [7, 11) is 0. The summed E-state index contributed by atoms with van der Waals surface area (Å²) in [4.78, 5) is 17.3. The van der Waals surface area contributed by atoms with Gasteiger partial charge in [-0.25, -0.2) is 14.1 Å². The molecule has 3 aromatic carbocycles. The maximum atomic E-state index is 13.1. The lowest BCUT2D eigenvalue weighted by Gasteiger charge is -2.09. The molecule has 29 heavy (non-hydrogen) atoms. The van der Waals surface area contributed by atoms with Gasteiger partial charge in [0.05, 0.1) is 5.69 Å². The second-order valence-corrected chi connectivity index (χ2v) is 6.79. The van der Waals surface area contributed by atoms with Crippen molar-refractivity contribution in [1.29, 1.82) is 0 Å². The fourth-order valence-corrected chi connectivity index (χ4v) is 3.07. The lowest BCUT2D eigenvalue weighted by Crippen LogP contribution is -2.14. The highest BCUT2D eigenvalue weighted by atomic mass is 19.1. The molecular formula is C23H19FN4O. The minimum absolute atomic E-state index is 0.0362. The number of nitrogens with zero attached hydrogens (tertiary/aromatic N) is 3. The van der Waals surface area contributed by atoms with Crippen molar-refractivity contribution in [1.82, 2.24) is 14.8 Å². The van der Waals surface area contributed by atoms with Gasteiger partial charge in [0.25, 0.3) is 5.91 Å². The number of para-hydroxylation sites is 1. The first-order valence-electron chi connectivity index (χ1n) is 9.18. The summed E-state index contributed by atoms with van der Waals surface area (Å²) in [6, 6.07) is 21.2. The van der Waals surface area contributed by atoms with E-state index in [0.717, 1.165) is 22.4 Å². The number of aryl methyl sites for hydroxylation is 2. The molecule has 1 N–H and O–H groups in total. The zero-order chi connectivity index (χ0) is 20.4. The van der Waals surface area contributed by atoms with Gasteiger partial charge >= 0.3 is 0 Å². The van der Waals surface area contributed by atoms with E-state index in [1.165, 1.54) is 24.3 Å². The molecule has 4 rings (SSSR count). The van der Waals surface area contributed by atoms with Crippen LogP contribution in [0.4, 0.5) is 10.1 Å². The first-order valence-corrected chi connectivity index (χ1v) is 9.18. The zero-order valence-corrected chi connectivity index (χ0v) is 16.1. The van der Waals surface area contributed by atoms with Gasteiger partial charge in [-0.3, -0.25) is 4.79 Å². The SMILES string of the molecule is Cc1cccc(-c2nc(C(=O)Nc3ccc(F)cc3)nn2-c2ccccc2C)c1. The average Bonchev–Trinajstić information content (AvgIpc) is 3.15. The molecule has 0 atom stereocenters. The molecule has 0 aliphatic heterocycles. The van der Waals surface area contributed by atoms with E-state index in [1.54, 1.807) is 4.68 Å². The Morgan fingerprint density at radius 3 is 2.45 bits per heavy atom. The third-order valence-electron chi connectivity index (χ3n) is 4.53. The van der Waals surface area contributed by atoms with Gasteiger partial charge in [0.2, 0.25) is 5.82 Å². The Morgan fingerprint density at radius 1 is 0.966 bits per heavy atom. The summed E-state index contributed by atoms with van der Waals surface area (Å²) in [6.45, 7) is 3.98. The van der Waals surface area contributed by atoms with Gasteiger partial charge in [-0.15, -0.1) is 5.10 Å². The Balaban J connectivity index is 1.78. The lowest BCUT2D eigenvalue weighted by atomic mass is 10.1. The van der Waals surface area contributed by atoms with Crippen LogP contribution < -0.4 is 5.32 Å². The second-order valence-electron chi connectivity index (χ2n) is 6.79. The average molecular weight is 386 g/mol. The van der Waals surface area contributed by atoms with E-state index in [2.05, 4.69) is 15.4 Å². The van der Waals surface area contributed by atoms with E-state index in [-0.39, 0.29) is 11.6 Å². The molecule has 0 fully saturated rings. The molecule has 0 aliphatic carbocycles. The van der Waals surface area contributed by atoms with Crippen molar-refractivity contribution in [3.8, 4) is 17.1 Å². The van der Waals surface area contributed by atoms with Gasteiger partial charge < -0.3 is 5.32 Å². The molecule has 1 heterocycles. The first kappa shape index (κ1) is 18.6. The lowest BCUT2D eigenvalue weighted by molar-refractivity contribution is 0.101. The maximum Gasteiger partial charge on any atom is 0.295 e. The molecule has 4 aromatic rings. The standard InChI is InChI=1S/C23H19FN4O/c1-15-6-5-8-17(14-15)22-26-21(23(29)25-19-12-10-18(24)11-13-19)27-28(22)20-9-4-3-7-16(20)2/h3-14H,1-2H3,(H,25,29). The quantitative estimate of drug-likeness (QED) is 0.540. The molecule has 0 bridgehead atoms. The minimum Gasteiger partial charge on any atom is -0.319 e. The van der Waals surface area contributed by atoms with Gasteiger partial charge in [-0.2, -0.15) is 0 Å². The van der Waals surface area contributed by atoms with Crippen LogP contribution in [0.1, 0.15) is 21.7 Å². The number of carbonyl (C=O) groups excluding carboxylic acids is 1. The Kier molecular flexibility index (Phi) is 4.91. The molecule has 0 saturated heterocycles. The molecule has 144 valence electrons. The van der Waals surface area contributed by atoms with Crippen molar-refractivity contribution in [2.24, 2.45) is 0 Å².